The van der Waals surface area contributed by atoms with Crippen LogP contribution in [0.5, 0.6) is 0 Å². The van der Waals surface area contributed by atoms with Gasteiger partial charge in [-0.3, -0.25) is 14.5 Å². The first-order chi connectivity index (χ1) is 10.2. The molecule has 2 N–H and O–H groups in total. The minimum absolute atomic E-state index is 0.0159. The molecule has 112 valence electrons. The summed E-state index contributed by atoms with van der Waals surface area (Å²) in [6, 6.07) is 3.93. The summed E-state index contributed by atoms with van der Waals surface area (Å²) in [5, 5.41) is 12.5. The number of carbonyl (C=O) groups excluding carboxylic acids is 1. The number of nitrogens with zero attached hydrogens (tertiary/aromatic N) is 2. The van der Waals surface area contributed by atoms with Crippen molar-refractivity contribution in [3.8, 4) is 10.7 Å². The highest BCUT2D eigenvalue weighted by Crippen LogP contribution is 2.25. The number of thioether (sulfide) groups is 1. The van der Waals surface area contributed by atoms with E-state index in [1.54, 1.807) is 15.9 Å². The van der Waals surface area contributed by atoms with Gasteiger partial charge in [0.2, 0.25) is 5.91 Å². The molecule has 3 heterocycles. The first-order valence-electron chi connectivity index (χ1n) is 6.81. The van der Waals surface area contributed by atoms with Gasteiger partial charge in [-0.2, -0.15) is 16.9 Å². The van der Waals surface area contributed by atoms with Crippen molar-refractivity contribution < 1.29 is 4.79 Å². The number of nitrogens with one attached hydrogen (secondary N) is 2. The molecule has 1 atom stereocenters. The van der Waals surface area contributed by atoms with Crippen LogP contribution in [0.15, 0.2) is 17.5 Å². The largest absolute Gasteiger partial charge is 0.353 e. The zero-order valence-electron chi connectivity index (χ0n) is 11.4. The highest BCUT2D eigenvalue weighted by molar-refractivity contribution is 8.00. The van der Waals surface area contributed by atoms with Crippen molar-refractivity contribution in [2.75, 3.05) is 12.3 Å². The van der Waals surface area contributed by atoms with Crippen LogP contribution in [0.1, 0.15) is 12.8 Å². The number of hydrogen-bond acceptors (Lipinski definition) is 5. The van der Waals surface area contributed by atoms with E-state index < -0.39 is 0 Å². The summed E-state index contributed by atoms with van der Waals surface area (Å²) in [7, 11) is 0. The Hall–Kier alpha value is -1.12. The standard InChI is InChI=1S/C13H16N4OS3/c18-11(14-7-9-3-1-5-20-9)8-17-12(15-16-13(17)19)10-4-2-6-21-10/h2,4,6,9H,1,3,5,7-8H2,(H,14,18)(H,16,19). The van der Waals surface area contributed by atoms with Crippen molar-refractivity contribution in [1.29, 1.82) is 0 Å². The lowest BCUT2D eigenvalue weighted by Gasteiger charge is -2.11. The summed E-state index contributed by atoms with van der Waals surface area (Å²) < 4.78 is 2.22. The first kappa shape index (κ1) is 14.8. The lowest BCUT2D eigenvalue weighted by atomic mass is 10.2. The van der Waals surface area contributed by atoms with E-state index in [-0.39, 0.29) is 12.5 Å². The van der Waals surface area contributed by atoms with Crippen LogP contribution in [0.3, 0.4) is 0 Å². The second kappa shape index (κ2) is 6.76. The van der Waals surface area contributed by atoms with E-state index in [0.717, 1.165) is 17.2 Å². The van der Waals surface area contributed by atoms with Crippen LogP contribution in [0, 0.1) is 4.77 Å². The van der Waals surface area contributed by atoms with Gasteiger partial charge >= 0.3 is 0 Å². The predicted octanol–water partition coefficient (Wildman–Crippen LogP) is 2.68. The molecule has 1 amide bonds. The van der Waals surface area contributed by atoms with E-state index in [9.17, 15) is 4.79 Å². The van der Waals surface area contributed by atoms with Crippen molar-refractivity contribution in [2.24, 2.45) is 0 Å². The molecule has 0 bridgehead atoms. The third-order valence-corrected chi connectivity index (χ3v) is 5.93. The van der Waals surface area contributed by atoms with Crippen molar-refractivity contribution in [2.45, 2.75) is 24.6 Å². The van der Waals surface area contributed by atoms with Gasteiger partial charge in [0.1, 0.15) is 6.54 Å². The molecular weight excluding hydrogens is 324 g/mol. The van der Waals surface area contributed by atoms with Gasteiger partial charge < -0.3 is 5.32 Å². The molecule has 3 rings (SSSR count). The van der Waals surface area contributed by atoms with Crippen LogP contribution < -0.4 is 5.32 Å². The third-order valence-electron chi connectivity index (χ3n) is 3.35. The van der Waals surface area contributed by atoms with Gasteiger partial charge in [-0.1, -0.05) is 6.07 Å². The Kier molecular flexibility index (Phi) is 4.77. The SMILES string of the molecule is O=C(Cn1c(-c2cccs2)n[nH]c1=S)NCC1CCCS1. The lowest BCUT2D eigenvalue weighted by Crippen LogP contribution is -2.32. The van der Waals surface area contributed by atoms with Crippen molar-refractivity contribution in [3.05, 3.63) is 22.3 Å². The molecule has 1 aliphatic rings. The second-order valence-corrected chi connectivity index (χ2v) is 7.60. The Balaban J connectivity index is 1.65. The van der Waals surface area contributed by atoms with Crippen molar-refractivity contribution >= 4 is 41.2 Å². The summed E-state index contributed by atoms with van der Waals surface area (Å²) in [6.45, 7) is 0.947. The highest BCUT2D eigenvalue weighted by Gasteiger charge is 2.17. The molecule has 0 saturated carbocycles. The Morgan fingerprint density at radius 2 is 2.52 bits per heavy atom. The topological polar surface area (TPSA) is 62.7 Å². The first-order valence-corrected chi connectivity index (χ1v) is 9.15. The fraction of sp³-hybridized carbons (Fsp3) is 0.462. The van der Waals surface area contributed by atoms with Crippen LogP contribution in [-0.2, 0) is 11.3 Å². The summed E-state index contributed by atoms with van der Waals surface area (Å²) in [5.74, 6) is 1.91. The molecular formula is C13H16N4OS3. The number of aromatic amines is 1. The van der Waals surface area contributed by atoms with E-state index >= 15 is 0 Å². The van der Waals surface area contributed by atoms with E-state index in [1.165, 1.54) is 18.6 Å². The van der Waals surface area contributed by atoms with Gasteiger partial charge in [0, 0.05) is 11.8 Å². The van der Waals surface area contributed by atoms with Gasteiger partial charge in [-0.05, 0) is 42.3 Å². The molecule has 0 aromatic carbocycles. The van der Waals surface area contributed by atoms with E-state index in [0.29, 0.717) is 10.0 Å². The molecule has 21 heavy (non-hydrogen) atoms. The van der Waals surface area contributed by atoms with E-state index in [4.69, 9.17) is 12.2 Å². The average Bonchev–Trinajstić information content (AvgIpc) is 3.19. The normalized spacial score (nSPS) is 18.0. The van der Waals surface area contributed by atoms with Gasteiger partial charge in [0.15, 0.2) is 10.6 Å². The van der Waals surface area contributed by atoms with Crippen LogP contribution in [0.2, 0.25) is 0 Å². The van der Waals surface area contributed by atoms with E-state index in [2.05, 4.69) is 15.5 Å². The number of aromatic nitrogens is 3. The molecule has 8 heteroatoms. The summed E-state index contributed by atoms with van der Waals surface area (Å²) in [6.07, 6.45) is 2.44. The molecule has 1 unspecified atom stereocenters. The number of hydrogen-bond donors (Lipinski definition) is 2. The maximum atomic E-state index is 12.1. The van der Waals surface area contributed by atoms with Gasteiger partial charge in [0.05, 0.1) is 4.88 Å². The number of rotatable bonds is 5. The zero-order chi connectivity index (χ0) is 14.7. The van der Waals surface area contributed by atoms with Crippen LogP contribution in [0.4, 0.5) is 0 Å². The Labute approximate surface area is 136 Å². The molecule has 2 aromatic rings. The minimum Gasteiger partial charge on any atom is -0.353 e. The van der Waals surface area contributed by atoms with Gasteiger partial charge in [0.25, 0.3) is 0 Å². The molecule has 1 fully saturated rings. The molecule has 5 nitrogen and oxygen atoms in total. The quantitative estimate of drug-likeness (QED) is 0.822. The number of carbonyl (C=O) groups is 1. The average molecular weight is 340 g/mol. The minimum atomic E-state index is -0.0159. The molecule has 1 saturated heterocycles. The molecule has 0 radical (unpaired) electrons. The molecule has 2 aromatic heterocycles. The Bertz CT molecular complexity index is 655. The van der Waals surface area contributed by atoms with Crippen molar-refractivity contribution in [3.63, 3.8) is 0 Å². The summed E-state index contributed by atoms with van der Waals surface area (Å²) in [5.41, 5.74) is 0. The number of thiophene rings is 1. The highest BCUT2D eigenvalue weighted by atomic mass is 32.2. The third kappa shape index (κ3) is 3.56. The lowest BCUT2D eigenvalue weighted by molar-refractivity contribution is -0.121. The summed E-state index contributed by atoms with van der Waals surface area (Å²) >= 11 is 8.74. The maximum Gasteiger partial charge on any atom is 0.240 e. The van der Waals surface area contributed by atoms with Crippen LogP contribution in [0.25, 0.3) is 10.7 Å². The second-order valence-electron chi connectivity index (χ2n) is 4.85. The van der Waals surface area contributed by atoms with Gasteiger partial charge in [-0.25, -0.2) is 0 Å². The Morgan fingerprint density at radius 1 is 1.62 bits per heavy atom. The molecule has 0 aliphatic carbocycles. The summed E-state index contributed by atoms with van der Waals surface area (Å²) in [4.78, 5) is 13.1. The maximum absolute atomic E-state index is 12.1. The monoisotopic (exact) mass is 340 g/mol. The zero-order valence-corrected chi connectivity index (χ0v) is 13.8. The van der Waals surface area contributed by atoms with Crippen molar-refractivity contribution in [1.82, 2.24) is 20.1 Å². The Morgan fingerprint density at radius 3 is 3.24 bits per heavy atom. The molecule has 0 spiro atoms. The molecule has 1 aliphatic heterocycles. The smallest absolute Gasteiger partial charge is 0.240 e. The van der Waals surface area contributed by atoms with Crippen LogP contribution >= 0.6 is 35.3 Å². The predicted molar refractivity (Wildman–Crippen MR) is 89.2 cm³/mol. The van der Waals surface area contributed by atoms with E-state index in [1.807, 2.05) is 29.3 Å². The fourth-order valence-electron chi connectivity index (χ4n) is 2.29. The fourth-order valence-corrected chi connectivity index (χ4v) is 4.41. The van der Waals surface area contributed by atoms with Gasteiger partial charge in [-0.15, -0.1) is 11.3 Å². The van der Waals surface area contributed by atoms with Crippen LogP contribution in [-0.4, -0.2) is 38.2 Å². The number of H-pyrrole nitrogens is 1. The number of amides is 1.